The van der Waals surface area contributed by atoms with E-state index in [4.69, 9.17) is 11.6 Å². The number of unbranched alkanes of at least 4 members (excludes halogenated alkanes) is 1. The summed E-state index contributed by atoms with van der Waals surface area (Å²) in [7, 11) is 0. The Kier molecular flexibility index (Phi) is 8.77. The highest BCUT2D eigenvalue weighted by atomic mass is 35.5. The van der Waals surface area contributed by atoms with Gasteiger partial charge in [-0.3, -0.25) is 4.79 Å². The van der Waals surface area contributed by atoms with Crippen LogP contribution >= 0.6 is 11.6 Å². The lowest BCUT2D eigenvalue weighted by Crippen LogP contribution is -2.38. The van der Waals surface area contributed by atoms with Crippen LogP contribution in [-0.4, -0.2) is 36.5 Å². The van der Waals surface area contributed by atoms with Crippen LogP contribution in [0, 0.1) is 12.8 Å². The van der Waals surface area contributed by atoms with Crippen LogP contribution in [0.1, 0.15) is 53.6 Å². The van der Waals surface area contributed by atoms with Crippen LogP contribution in [0.25, 0.3) is 0 Å². The summed E-state index contributed by atoms with van der Waals surface area (Å²) in [5.41, 5.74) is 2.93. The van der Waals surface area contributed by atoms with Crippen LogP contribution in [0.2, 0.25) is 5.02 Å². The van der Waals surface area contributed by atoms with E-state index in [-0.39, 0.29) is 11.9 Å². The molecule has 3 rings (SSSR count). The van der Waals surface area contributed by atoms with E-state index in [2.05, 4.69) is 10.6 Å². The third kappa shape index (κ3) is 7.59. The number of hydrogen-bond donors (Lipinski definition) is 2. The summed E-state index contributed by atoms with van der Waals surface area (Å²) < 4.78 is 0. The first kappa shape index (κ1) is 23.1. The van der Waals surface area contributed by atoms with Gasteiger partial charge in [-0.1, -0.05) is 54.3 Å². The first-order valence-corrected chi connectivity index (χ1v) is 11.5. The minimum Gasteiger partial charge on any atom is -0.339 e. The Labute approximate surface area is 190 Å². The number of likely N-dealkylation sites (tertiary alicyclic amines) is 1. The molecule has 0 aliphatic carbocycles. The molecule has 0 aromatic heterocycles. The number of nitrogens with one attached hydrogen (secondary N) is 2. The molecule has 2 aromatic rings. The Bertz CT molecular complexity index is 861. The number of halogens is 1. The molecule has 0 saturated carbocycles. The predicted octanol–water partition coefficient (Wildman–Crippen LogP) is 5.17. The molecule has 1 aliphatic rings. The molecule has 6 heteroatoms. The van der Waals surface area contributed by atoms with Gasteiger partial charge in [0.05, 0.1) is 0 Å². The van der Waals surface area contributed by atoms with Gasteiger partial charge in [-0.05, 0) is 61.9 Å². The topological polar surface area (TPSA) is 61.4 Å². The number of carbonyl (C=O) groups excluding carboxylic acids is 2. The minimum absolute atomic E-state index is 0.141. The van der Waals surface area contributed by atoms with E-state index in [1.807, 2.05) is 60.4 Å². The van der Waals surface area contributed by atoms with Crippen molar-refractivity contribution in [2.45, 2.75) is 45.6 Å². The fraction of sp³-hybridized carbons (Fsp3) is 0.440. The van der Waals surface area contributed by atoms with Crippen molar-refractivity contribution in [1.82, 2.24) is 15.5 Å². The van der Waals surface area contributed by atoms with E-state index in [1.54, 1.807) is 0 Å². The van der Waals surface area contributed by atoms with Crippen molar-refractivity contribution in [3.63, 3.8) is 0 Å². The second-order valence-corrected chi connectivity index (χ2v) is 8.77. The van der Waals surface area contributed by atoms with Gasteiger partial charge < -0.3 is 15.5 Å². The van der Waals surface area contributed by atoms with Gasteiger partial charge in [0, 0.05) is 36.8 Å². The maximum atomic E-state index is 12.7. The van der Waals surface area contributed by atoms with E-state index >= 15 is 0 Å². The lowest BCUT2D eigenvalue weighted by atomic mass is 9.91. The van der Waals surface area contributed by atoms with Gasteiger partial charge in [0.25, 0.3) is 5.91 Å². The van der Waals surface area contributed by atoms with Gasteiger partial charge in [0.2, 0.25) is 0 Å². The average molecular weight is 442 g/mol. The van der Waals surface area contributed by atoms with Crippen LogP contribution < -0.4 is 10.6 Å². The first-order chi connectivity index (χ1) is 15.0. The Balaban J connectivity index is 1.25. The number of nitrogens with zero attached hydrogens (tertiary/aromatic N) is 1. The summed E-state index contributed by atoms with van der Waals surface area (Å²) in [6.07, 6.45) is 5.34. The summed E-state index contributed by atoms with van der Waals surface area (Å²) in [5, 5.41) is 6.47. The molecular weight excluding hydrogens is 410 g/mol. The van der Waals surface area contributed by atoms with E-state index in [0.717, 1.165) is 61.9 Å². The van der Waals surface area contributed by atoms with Gasteiger partial charge in [-0.2, -0.15) is 0 Å². The fourth-order valence-corrected chi connectivity index (χ4v) is 4.12. The molecule has 2 N–H and O–H groups in total. The number of aryl methyl sites for hydroxylation is 1. The SMILES string of the molecule is Cc1cccc(C(=O)N2CCC(CCCCNC(=O)NCc3ccc(Cl)cc3)CC2)c1. The van der Waals surface area contributed by atoms with Gasteiger partial charge in [-0.15, -0.1) is 0 Å². The number of rotatable bonds is 8. The standard InChI is InChI=1S/C25H32ClN3O2/c1-19-5-4-7-22(17-19)24(30)29-15-12-20(13-16-29)6-2-3-14-27-25(31)28-18-21-8-10-23(26)11-9-21/h4-5,7-11,17,20H,2-3,6,12-16,18H2,1H3,(H2,27,28,31). The van der Waals surface area contributed by atoms with Crippen molar-refractivity contribution in [3.05, 3.63) is 70.2 Å². The first-order valence-electron chi connectivity index (χ1n) is 11.1. The van der Waals surface area contributed by atoms with Crippen LogP contribution in [0.15, 0.2) is 48.5 Å². The second-order valence-electron chi connectivity index (χ2n) is 8.34. The Hall–Kier alpha value is -2.53. The van der Waals surface area contributed by atoms with Crippen LogP contribution in [0.5, 0.6) is 0 Å². The van der Waals surface area contributed by atoms with Gasteiger partial charge in [0.1, 0.15) is 0 Å². The molecule has 166 valence electrons. The lowest BCUT2D eigenvalue weighted by Gasteiger charge is -2.32. The Morgan fingerprint density at radius 1 is 1.03 bits per heavy atom. The largest absolute Gasteiger partial charge is 0.339 e. The molecule has 3 amide bonds. The van der Waals surface area contributed by atoms with Crippen molar-refractivity contribution < 1.29 is 9.59 Å². The van der Waals surface area contributed by atoms with Crippen LogP contribution in [0.3, 0.4) is 0 Å². The van der Waals surface area contributed by atoms with E-state index in [1.165, 1.54) is 0 Å². The molecule has 1 fully saturated rings. The molecule has 5 nitrogen and oxygen atoms in total. The van der Waals surface area contributed by atoms with E-state index in [0.29, 0.717) is 24.0 Å². The third-order valence-corrected chi connectivity index (χ3v) is 6.11. The van der Waals surface area contributed by atoms with Crippen molar-refractivity contribution in [2.75, 3.05) is 19.6 Å². The van der Waals surface area contributed by atoms with Crippen LogP contribution in [-0.2, 0) is 6.54 Å². The maximum Gasteiger partial charge on any atom is 0.315 e. The smallest absolute Gasteiger partial charge is 0.315 e. The number of hydrogen-bond acceptors (Lipinski definition) is 2. The van der Waals surface area contributed by atoms with Crippen molar-refractivity contribution >= 4 is 23.5 Å². The molecule has 0 unspecified atom stereocenters. The highest BCUT2D eigenvalue weighted by Crippen LogP contribution is 2.23. The van der Waals surface area contributed by atoms with Gasteiger partial charge >= 0.3 is 6.03 Å². The Morgan fingerprint density at radius 2 is 1.77 bits per heavy atom. The molecule has 0 bridgehead atoms. The summed E-state index contributed by atoms with van der Waals surface area (Å²) in [4.78, 5) is 26.5. The molecule has 0 radical (unpaired) electrons. The zero-order valence-electron chi connectivity index (χ0n) is 18.2. The molecular formula is C25H32ClN3O2. The Morgan fingerprint density at radius 3 is 2.48 bits per heavy atom. The van der Waals surface area contributed by atoms with Gasteiger partial charge in [0.15, 0.2) is 0 Å². The molecule has 0 spiro atoms. The molecule has 1 heterocycles. The van der Waals surface area contributed by atoms with Crippen molar-refractivity contribution in [3.8, 4) is 0 Å². The monoisotopic (exact) mass is 441 g/mol. The molecule has 1 aliphatic heterocycles. The average Bonchev–Trinajstić information content (AvgIpc) is 2.78. The number of amides is 3. The molecule has 0 atom stereocenters. The minimum atomic E-state index is -0.141. The molecule has 2 aromatic carbocycles. The fourth-order valence-electron chi connectivity index (χ4n) is 3.99. The second kappa shape index (κ2) is 11.8. The maximum absolute atomic E-state index is 12.7. The zero-order valence-corrected chi connectivity index (χ0v) is 19.0. The highest BCUT2D eigenvalue weighted by molar-refractivity contribution is 6.30. The number of piperidine rings is 1. The van der Waals surface area contributed by atoms with Gasteiger partial charge in [-0.25, -0.2) is 4.79 Å². The van der Waals surface area contributed by atoms with E-state index in [9.17, 15) is 9.59 Å². The number of urea groups is 1. The summed E-state index contributed by atoms with van der Waals surface area (Å²) in [5.74, 6) is 0.816. The van der Waals surface area contributed by atoms with E-state index < -0.39 is 0 Å². The quantitative estimate of drug-likeness (QED) is 0.555. The third-order valence-electron chi connectivity index (χ3n) is 5.86. The summed E-state index contributed by atoms with van der Waals surface area (Å²) >= 11 is 5.86. The molecule has 31 heavy (non-hydrogen) atoms. The summed E-state index contributed by atoms with van der Waals surface area (Å²) in [6.45, 7) is 4.85. The lowest BCUT2D eigenvalue weighted by molar-refractivity contribution is 0.0685. The summed E-state index contributed by atoms with van der Waals surface area (Å²) in [6, 6.07) is 15.1. The predicted molar refractivity (Wildman–Crippen MR) is 125 cm³/mol. The van der Waals surface area contributed by atoms with Crippen molar-refractivity contribution in [2.24, 2.45) is 5.92 Å². The number of benzene rings is 2. The zero-order chi connectivity index (χ0) is 22.1. The highest BCUT2D eigenvalue weighted by Gasteiger charge is 2.23. The van der Waals surface area contributed by atoms with Crippen LogP contribution in [0.4, 0.5) is 4.79 Å². The number of carbonyl (C=O) groups is 2. The normalized spacial score (nSPS) is 14.3. The molecule has 1 saturated heterocycles. The van der Waals surface area contributed by atoms with Crippen molar-refractivity contribution in [1.29, 1.82) is 0 Å².